The third-order valence-corrected chi connectivity index (χ3v) is 1.72. The number of carboxylic acids is 1. The van der Waals surface area contributed by atoms with Gasteiger partial charge in [-0.15, -0.1) is 0 Å². The molecule has 2 amide bonds. The molecule has 3 N–H and O–H groups in total. The van der Waals surface area contributed by atoms with Crippen molar-refractivity contribution in [3.63, 3.8) is 0 Å². The Labute approximate surface area is 82.6 Å². The zero-order chi connectivity index (χ0) is 11.1. The first-order chi connectivity index (χ1) is 6.43. The molecular weight excluding hydrogens is 188 g/mol. The van der Waals surface area contributed by atoms with Gasteiger partial charge in [-0.1, -0.05) is 13.8 Å². The van der Waals surface area contributed by atoms with E-state index in [1.54, 1.807) is 0 Å². The van der Waals surface area contributed by atoms with Crippen molar-refractivity contribution in [2.24, 2.45) is 5.92 Å². The van der Waals surface area contributed by atoms with Crippen molar-refractivity contribution < 1.29 is 19.5 Å². The van der Waals surface area contributed by atoms with Gasteiger partial charge in [0, 0.05) is 6.04 Å². The third kappa shape index (κ3) is 6.24. The molecule has 0 aromatic rings. The number of aliphatic carboxylic acids is 1. The fourth-order valence-electron chi connectivity index (χ4n) is 0.566. The monoisotopic (exact) mass is 204 g/mol. The van der Waals surface area contributed by atoms with Gasteiger partial charge in [0.05, 0.1) is 0 Å². The maximum absolute atomic E-state index is 11.0. The molecule has 0 saturated carbocycles. The number of hydrogen-bond acceptors (Lipinski definition) is 3. The summed E-state index contributed by atoms with van der Waals surface area (Å²) in [6.07, 6.45) is 0. The molecule has 0 saturated heterocycles. The number of carbonyl (C=O) groups is 2. The minimum Gasteiger partial charge on any atom is -0.479 e. The maximum atomic E-state index is 11.0. The summed E-state index contributed by atoms with van der Waals surface area (Å²) in [6.45, 7) is 5.22. The van der Waals surface area contributed by atoms with E-state index in [2.05, 4.69) is 10.2 Å². The number of hydrogen-bond donors (Lipinski definition) is 3. The van der Waals surface area contributed by atoms with Gasteiger partial charge in [-0.3, -0.25) is 4.84 Å². The number of urea groups is 1. The van der Waals surface area contributed by atoms with Crippen molar-refractivity contribution in [1.29, 1.82) is 0 Å². The Morgan fingerprint density at radius 1 is 1.36 bits per heavy atom. The summed E-state index contributed by atoms with van der Waals surface area (Å²) >= 11 is 0. The lowest BCUT2D eigenvalue weighted by Gasteiger charge is -2.17. The molecule has 82 valence electrons. The van der Waals surface area contributed by atoms with Crippen LogP contribution in [0.2, 0.25) is 0 Å². The number of nitrogens with one attached hydrogen (secondary N) is 2. The highest BCUT2D eigenvalue weighted by Gasteiger charge is 2.10. The zero-order valence-corrected chi connectivity index (χ0v) is 8.53. The number of carboxylic acid groups (broad SMARTS) is 1. The van der Waals surface area contributed by atoms with E-state index >= 15 is 0 Å². The van der Waals surface area contributed by atoms with Crippen LogP contribution in [-0.4, -0.2) is 29.8 Å². The second kappa shape index (κ2) is 6.20. The van der Waals surface area contributed by atoms with Crippen LogP contribution in [0, 0.1) is 5.92 Å². The van der Waals surface area contributed by atoms with Gasteiger partial charge in [-0.2, -0.15) is 0 Å². The van der Waals surface area contributed by atoms with E-state index in [0.717, 1.165) is 0 Å². The Balaban J connectivity index is 3.60. The van der Waals surface area contributed by atoms with E-state index in [0.29, 0.717) is 5.92 Å². The molecule has 0 bridgehead atoms. The first-order valence-electron chi connectivity index (χ1n) is 4.33. The van der Waals surface area contributed by atoms with Gasteiger partial charge >= 0.3 is 12.0 Å². The fraction of sp³-hybridized carbons (Fsp3) is 0.750. The molecule has 0 aromatic carbocycles. The molecule has 0 radical (unpaired) electrons. The smallest absolute Gasteiger partial charge is 0.338 e. The average molecular weight is 204 g/mol. The van der Waals surface area contributed by atoms with Crippen LogP contribution in [0.4, 0.5) is 4.79 Å². The van der Waals surface area contributed by atoms with E-state index < -0.39 is 18.6 Å². The lowest BCUT2D eigenvalue weighted by atomic mass is 10.1. The van der Waals surface area contributed by atoms with E-state index in [-0.39, 0.29) is 6.04 Å². The minimum atomic E-state index is -1.14. The second-order valence-electron chi connectivity index (χ2n) is 3.29. The molecule has 0 rings (SSSR count). The van der Waals surface area contributed by atoms with Crippen LogP contribution in [0.5, 0.6) is 0 Å². The number of carbonyl (C=O) groups excluding carboxylic acids is 1. The van der Waals surface area contributed by atoms with Crippen LogP contribution in [0.3, 0.4) is 0 Å². The van der Waals surface area contributed by atoms with Crippen LogP contribution in [0.15, 0.2) is 0 Å². The Kier molecular flexibility index (Phi) is 5.62. The van der Waals surface area contributed by atoms with Crippen LogP contribution in [0.1, 0.15) is 20.8 Å². The first-order valence-corrected chi connectivity index (χ1v) is 4.33. The molecule has 6 nitrogen and oxygen atoms in total. The third-order valence-electron chi connectivity index (χ3n) is 1.72. The van der Waals surface area contributed by atoms with Crippen molar-refractivity contribution in [3.8, 4) is 0 Å². The summed E-state index contributed by atoms with van der Waals surface area (Å²) in [5, 5.41) is 10.8. The lowest BCUT2D eigenvalue weighted by Crippen LogP contribution is -2.43. The van der Waals surface area contributed by atoms with Gasteiger partial charge in [0.25, 0.3) is 0 Å². The predicted molar refractivity (Wildman–Crippen MR) is 49.6 cm³/mol. The van der Waals surface area contributed by atoms with Gasteiger partial charge in [0.1, 0.15) is 0 Å². The van der Waals surface area contributed by atoms with E-state index in [4.69, 9.17) is 5.11 Å². The van der Waals surface area contributed by atoms with Gasteiger partial charge in [0.2, 0.25) is 0 Å². The predicted octanol–water partition coefficient (Wildman–Crippen LogP) is 0.346. The quantitative estimate of drug-likeness (QED) is 0.564. The summed E-state index contributed by atoms with van der Waals surface area (Å²) in [5.74, 6) is -0.831. The molecular formula is C8H16N2O4. The van der Waals surface area contributed by atoms with Crippen LogP contribution >= 0.6 is 0 Å². The van der Waals surface area contributed by atoms with E-state index in [9.17, 15) is 9.59 Å². The van der Waals surface area contributed by atoms with Gasteiger partial charge < -0.3 is 10.4 Å². The van der Waals surface area contributed by atoms with Crippen molar-refractivity contribution in [1.82, 2.24) is 10.8 Å². The largest absolute Gasteiger partial charge is 0.479 e. The Morgan fingerprint density at radius 3 is 2.36 bits per heavy atom. The van der Waals surface area contributed by atoms with Crippen LogP contribution in [-0.2, 0) is 9.63 Å². The number of rotatable bonds is 5. The van der Waals surface area contributed by atoms with E-state index in [1.807, 2.05) is 26.3 Å². The number of hydroxylamine groups is 1. The summed E-state index contributed by atoms with van der Waals surface area (Å²) < 4.78 is 0. The maximum Gasteiger partial charge on any atom is 0.338 e. The molecule has 0 aliphatic heterocycles. The summed E-state index contributed by atoms with van der Waals surface area (Å²) in [6, 6.07) is -0.532. The van der Waals surface area contributed by atoms with Gasteiger partial charge in [-0.05, 0) is 12.8 Å². The Morgan fingerprint density at radius 2 is 1.93 bits per heavy atom. The second-order valence-corrected chi connectivity index (χ2v) is 3.29. The molecule has 0 heterocycles. The highest BCUT2D eigenvalue weighted by molar-refractivity contribution is 5.73. The van der Waals surface area contributed by atoms with Crippen LogP contribution < -0.4 is 10.8 Å². The molecule has 1 atom stereocenters. The summed E-state index contributed by atoms with van der Waals surface area (Å²) in [4.78, 5) is 25.4. The van der Waals surface area contributed by atoms with Crippen molar-refractivity contribution in [2.45, 2.75) is 26.8 Å². The standard InChI is InChI=1S/C8H16N2O4/c1-5(2)6(3)9-8(13)10-14-4-7(11)12/h5-6H,4H2,1-3H3,(H,11,12)(H2,9,10,13). The average Bonchev–Trinajstić information content (AvgIpc) is 2.02. The molecule has 0 fully saturated rings. The highest BCUT2D eigenvalue weighted by atomic mass is 16.7. The highest BCUT2D eigenvalue weighted by Crippen LogP contribution is 1.98. The molecule has 0 aliphatic rings. The zero-order valence-electron chi connectivity index (χ0n) is 8.53. The fourth-order valence-corrected chi connectivity index (χ4v) is 0.566. The first kappa shape index (κ1) is 12.7. The van der Waals surface area contributed by atoms with Crippen molar-refractivity contribution in [2.75, 3.05) is 6.61 Å². The molecule has 0 aromatic heterocycles. The number of amides is 2. The Bertz CT molecular complexity index is 206. The molecule has 1 unspecified atom stereocenters. The summed E-state index contributed by atoms with van der Waals surface area (Å²) in [7, 11) is 0. The SMILES string of the molecule is CC(C)C(C)NC(=O)NOCC(=O)O. The Hall–Kier alpha value is -1.30. The molecule has 0 spiro atoms. The molecule has 0 aliphatic carbocycles. The summed E-state index contributed by atoms with van der Waals surface area (Å²) in [5.41, 5.74) is 1.97. The normalized spacial score (nSPS) is 12.3. The molecule has 6 heteroatoms. The van der Waals surface area contributed by atoms with Gasteiger partial charge in [-0.25, -0.2) is 15.1 Å². The van der Waals surface area contributed by atoms with Crippen molar-refractivity contribution in [3.05, 3.63) is 0 Å². The minimum absolute atomic E-state index is 0.00317. The lowest BCUT2D eigenvalue weighted by molar-refractivity contribution is -0.144. The molecule has 14 heavy (non-hydrogen) atoms. The topological polar surface area (TPSA) is 87.7 Å². The van der Waals surface area contributed by atoms with Crippen LogP contribution in [0.25, 0.3) is 0 Å². The van der Waals surface area contributed by atoms with E-state index in [1.165, 1.54) is 0 Å². The van der Waals surface area contributed by atoms with Gasteiger partial charge in [0.15, 0.2) is 6.61 Å². The van der Waals surface area contributed by atoms with Crippen molar-refractivity contribution >= 4 is 12.0 Å².